The van der Waals surface area contributed by atoms with E-state index in [9.17, 15) is 19.5 Å². The van der Waals surface area contributed by atoms with Gasteiger partial charge in [0.25, 0.3) is 8.32 Å². The van der Waals surface area contributed by atoms with Crippen LogP contribution in [0.4, 0.5) is 0 Å². The number of carbonyl (C=O) groups excluding carboxylic acids is 3. The van der Waals surface area contributed by atoms with E-state index >= 15 is 0 Å². The summed E-state index contributed by atoms with van der Waals surface area (Å²) >= 11 is 1.59. The first kappa shape index (κ1) is 42.0. The molecule has 5 rings (SSSR count). The first-order valence-electron chi connectivity index (χ1n) is 19.4. The number of aryl methyl sites for hydroxylation is 1. The largest absolute Gasteiger partial charge is 0.407 e. The van der Waals surface area contributed by atoms with Gasteiger partial charge in [0.05, 0.1) is 22.2 Å². The maximum Gasteiger partial charge on any atom is 0.261 e. The summed E-state index contributed by atoms with van der Waals surface area (Å²) in [6.45, 7) is 15.4. The van der Waals surface area contributed by atoms with Crippen molar-refractivity contribution in [2.24, 2.45) is 5.41 Å². The molecule has 55 heavy (non-hydrogen) atoms. The first-order chi connectivity index (χ1) is 26.1. The summed E-state index contributed by atoms with van der Waals surface area (Å²) in [5.74, 6) is -0.897. The number of hydrogen-bond donors (Lipinski definition) is 3. The summed E-state index contributed by atoms with van der Waals surface area (Å²) in [7, 11) is -2.62. The summed E-state index contributed by atoms with van der Waals surface area (Å²) in [5.41, 5.74) is 4.18. The molecule has 9 nitrogen and oxygen atoms in total. The molecule has 294 valence electrons. The molecule has 0 saturated carbocycles. The van der Waals surface area contributed by atoms with Crippen LogP contribution in [0.2, 0.25) is 5.04 Å². The minimum absolute atomic E-state index is 0.0353. The molecule has 1 saturated heterocycles. The molecule has 4 aromatic rings. The van der Waals surface area contributed by atoms with Crippen molar-refractivity contribution in [2.45, 2.75) is 110 Å². The van der Waals surface area contributed by atoms with E-state index in [0.717, 1.165) is 34.5 Å². The van der Waals surface area contributed by atoms with E-state index in [4.69, 9.17) is 4.43 Å². The van der Waals surface area contributed by atoms with Gasteiger partial charge >= 0.3 is 0 Å². The maximum absolute atomic E-state index is 14.1. The fourth-order valence-corrected chi connectivity index (χ4v) is 13.0. The molecule has 1 aliphatic rings. The van der Waals surface area contributed by atoms with Gasteiger partial charge in [0.1, 0.15) is 12.1 Å². The van der Waals surface area contributed by atoms with Crippen LogP contribution in [-0.4, -0.2) is 72.4 Å². The zero-order valence-corrected chi connectivity index (χ0v) is 35.2. The predicted octanol–water partition coefficient (Wildman–Crippen LogP) is 6.36. The monoisotopic (exact) mass is 782 g/mol. The van der Waals surface area contributed by atoms with Crippen LogP contribution in [0.5, 0.6) is 0 Å². The molecule has 1 aromatic heterocycles. The van der Waals surface area contributed by atoms with E-state index in [-0.39, 0.29) is 48.7 Å². The highest BCUT2D eigenvalue weighted by molar-refractivity contribution is 7.13. The van der Waals surface area contributed by atoms with E-state index in [1.807, 2.05) is 69.6 Å². The number of rotatable bonds is 15. The second kappa shape index (κ2) is 18.2. The van der Waals surface area contributed by atoms with Crippen molar-refractivity contribution in [3.63, 3.8) is 0 Å². The normalized spacial score (nSPS) is 16.8. The predicted molar refractivity (Wildman–Crippen MR) is 224 cm³/mol. The molecular weight excluding hydrogens is 725 g/mol. The number of aromatic nitrogens is 1. The fourth-order valence-electron chi connectivity index (χ4n) is 7.56. The number of hydrogen-bond acceptors (Lipinski definition) is 7. The highest BCUT2D eigenvalue weighted by Gasteiger charge is 2.50. The Balaban J connectivity index is 1.14. The van der Waals surface area contributed by atoms with Crippen LogP contribution < -0.4 is 21.0 Å². The summed E-state index contributed by atoms with van der Waals surface area (Å²) in [5, 5.41) is 18.9. The zero-order valence-electron chi connectivity index (χ0n) is 33.4. The third-order valence-electron chi connectivity index (χ3n) is 10.5. The highest BCUT2D eigenvalue weighted by atomic mass is 32.1. The van der Waals surface area contributed by atoms with Crippen LogP contribution in [0, 0.1) is 12.3 Å². The molecule has 3 amide bonds. The van der Waals surface area contributed by atoms with Crippen molar-refractivity contribution in [2.75, 3.05) is 13.2 Å². The second-order valence-electron chi connectivity index (χ2n) is 16.8. The molecule has 0 spiro atoms. The lowest BCUT2D eigenvalue weighted by molar-refractivity contribution is -0.144. The Morgan fingerprint density at radius 1 is 0.909 bits per heavy atom. The number of nitrogens with one attached hydrogen (secondary N) is 2. The van der Waals surface area contributed by atoms with E-state index < -0.39 is 31.9 Å². The number of carbonyl (C=O) groups is 3. The van der Waals surface area contributed by atoms with E-state index in [2.05, 4.69) is 84.9 Å². The molecule has 0 unspecified atom stereocenters. The Hall–Kier alpha value is -4.16. The third-order valence-corrected chi connectivity index (χ3v) is 16.5. The van der Waals surface area contributed by atoms with Crippen molar-refractivity contribution >= 4 is 47.7 Å². The smallest absolute Gasteiger partial charge is 0.261 e. The SMILES string of the molecule is Cc1ncsc1-c1ccc(CNC(=O)[C@@H]2C[C@@H](O)CN2C(=O)[C@@H](NC(=O)CCCCCO[Si](c2ccccc2)(c2ccccc2)C(C)(C)C)C(C)(C)C)cc1. The van der Waals surface area contributed by atoms with E-state index in [1.54, 1.807) is 11.3 Å². The average molecular weight is 783 g/mol. The number of benzene rings is 3. The summed E-state index contributed by atoms with van der Waals surface area (Å²) in [6.07, 6.45) is 1.84. The molecule has 11 heteroatoms. The number of likely N-dealkylation sites (tertiary alicyclic amines) is 1. The average Bonchev–Trinajstić information content (AvgIpc) is 3.77. The Kier molecular flexibility index (Phi) is 13.9. The lowest BCUT2D eigenvalue weighted by atomic mass is 9.85. The number of nitrogens with zero attached hydrogens (tertiary/aromatic N) is 2. The van der Waals surface area contributed by atoms with Gasteiger partial charge in [-0.05, 0) is 51.7 Å². The third kappa shape index (κ3) is 10.2. The van der Waals surface area contributed by atoms with Gasteiger partial charge in [-0.3, -0.25) is 14.4 Å². The summed E-state index contributed by atoms with van der Waals surface area (Å²) in [4.78, 5) is 47.7. The van der Waals surface area contributed by atoms with E-state index in [0.29, 0.717) is 13.0 Å². The molecule has 0 bridgehead atoms. The van der Waals surface area contributed by atoms with Crippen molar-refractivity contribution < 1.29 is 23.9 Å². The Labute approximate surface area is 332 Å². The lowest BCUT2D eigenvalue weighted by Crippen LogP contribution is -2.66. The van der Waals surface area contributed by atoms with Crippen molar-refractivity contribution in [3.05, 3.63) is 102 Å². The summed E-state index contributed by atoms with van der Waals surface area (Å²) < 4.78 is 7.01. The minimum Gasteiger partial charge on any atom is -0.407 e. The van der Waals surface area contributed by atoms with Gasteiger partial charge in [-0.25, -0.2) is 4.98 Å². The molecular formula is C44H58N4O5SSi. The van der Waals surface area contributed by atoms with Crippen molar-refractivity contribution in [1.29, 1.82) is 0 Å². The van der Waals surface area contributed by atoms with Crippen LogP contribution in [0.25, 0.3) is 10.4 Å². The van der Waals surface area contributed by atoms with Gasteiger partial charge in [-0.15, -0.1) is 11.3 Å². The molecule has 3 atom stereocenters. The van der Waals surface area contributed by atoms with Crippen molar-refractivity contribution in [3.8, 4) is 10.4 Å². The number of aliphatic hydroxyl groups is 1. The van der Waals surface area contributed by atoms with E-state index in [1.165, 1.54) is 15.3 Å². The number of amides is 3. The molecule has 0 radical (unpaired) electrons. The maximum atomic E-state index is 14.1. The molecule has 2 heterocycles. The van der Waals surface area contributed by atoms with Gasteiger partial charge < -0.3 is 25.1 Å². The Bertz CT molecular complexity index is 1830. The molecule has 3 N–H and O–H groups in total. The van der Waals surface area contributed by atoms with Gasteiger partial charge in [-0.1, -0.05) is 133 Å². The minimum atomic E-state index is -2.62. The molecule has 1 fully saturated rings. The standard InChI is InChI=1S/C44H58N4O5SSi/c1-31-39(54-30-46-31)33-24-22-32(23-25-33)28-45-41(51)37-27-34(49)29-48(37)42(52)40(43(2,3)4)47-38(50)21-15-10-16-26-53-55(44(5,6)7,35-17-11-8-12-18-35)36-19-13-9-14-20-36/h8-9,11-14,17-20,22-25,30,34,37,40,49H,10,15-16,21,26-29H2,1-7H3,(H,45,51)(H,47,50)/t34-,37+,40-/m1/s1. The Morgan fingerprint density at radius 2 is 1.53 bits per heavy atom. The van der Waals surface area contributed by atoms with Crippen LogP contribution in [-0.2, 0) is 25.4 Å². The van der Waals surface area contributed by atoms with Crippen molar-refractivity contribution in [1.82, 2.24) is 20.5 Å². The van der Waals surface area contributed by atoms with Crippen LogP contribution >= 0.6 is 11.3 Å². The first-order valence-corrected chi connectivity index (χ1v) is 22.2. The van der Waals surface area contributed by atoms with Gasteiger partial charge in [0, 0.05) is 32.5 Å². The van der Waals surface area contributed by atoms with Crippen LogP contribution in [0.15, 0.2) is 90.4 Å². The molecule has 0 aliphatic carbocycles. The van der Waals surface area contributed by atoms with Gasteiger partial charge in [0.15, 0.2) is 0 Å². The number of thiazole rings is 1. The number of β-amino-alcohol motifs (C(OH)–C–C–N with tert-alkyl or cyclic N) is 1. The second-order valence-corrected chi connectivity index (χ2v) is 21.9. The molecule has 3 aromatic carbocycles. The van der Waals surface area contributed by atoms with Gasteiger partial charge in [-0.2, -0.15) is 0 Å². The van der Waals surface area contributed by atoms with Crippen LogP contribution in [0.3, 0.4) is 0 Å². The molecule has 1 aliphatic heterocycles. The number of aliphatic hydroxyl groups excluding tert-OH is 1. The fraction of sp³-hybridized carbons (Fsp3) is 0.455. The lowest BCUT2D eigenvalue weighted by Gasteiger charge is -2.43. The zero-order chi connectivity index (χ0) is 39.8. The van der Waals surface area contributed by atoms with Gasteiger partial charge in [0.2, 0.25) is 17.7 Å². The number of unbranched alkanes of at least 4 members (excludes halogenated alkanes) is 2. The quantitative estimate of drug-likeness (QED) is 0.0954. The topological polar surface area (TPSA) is 121 Å². The highest BCUT2D eigenvalue weighted by Crippen LogP contribution is 2.37. The summed E-state index contributed by atoms with van der Waals surface area (Å²) in [6, 6.07) is 27.4. The van der Waals surface area contributed by atoms with Crippen LogP contribution in [0.1, 0.15) is 84.9 Å². The Morgan fingerprint density at radius 3 is 2.07 bits per heavy atom.